The molecule has 4 aromatic rings. The second-order valence-corrected chi connectivity index (χ2v) is 20.2. The van der Waals surface area contributed by atoms with Crippen molar-refractivity contribution in [1.82, 2.24) is 14.6 Å². The smallest absolute Gasteiger partial charge is 0.241 e. The molecule has 60 heavy (non-hydrogen) atoms. The average molecular weight is 836 g/mol. The molecule has 316 valence electrons. The van der Waals surface area contributed by atoms with Crippen molar-refractivity contribution < 1.29 is 36.7 Å². The number of allylic oxidation sites excluding steroid dienone is 2. The molecule has 4 aliphatic rings. The molecule has 0 bridgehead atoms. The number of methoxy groups -OCH3 is 1. The molecule has 3 aromatic carbocycles. The number of sulfonamides is 1. The monoisotopic (exact) mass is 835 g/mol. The molecule has 8 rings (SSSR count). The van der Waals surface area contributed by atoms with Crippen molar-refractivity contribution in [2.45, 2.75) is 108 Å². The van der Waals surface area contributed by atoms with Crippen molar-refractivity contribution in [3.05, 3.63) is 102 Å². The number of hydrogen-bond donors (Lipinski definition) is 1. The number of nitrogens with one attached hydrogen (secondary N) is 1. The van der Waals surface area contributed by atoms with Gasteiger partial charge in [-0.25, -0.2) is 17.8 Å². The number of benzene rings is 3. The van der Waals surface area contributed by atoms with Crippen molar-refractivity contribution in [1.29, 1.82) is 0 Å². The minimum absolute atomic E-state index is 0.109. The van der Waals surface area contributed by atoms with Crippen LogP contribution in [0.5, 0.6) is 11.5 Å². The fourth-order valence-corrected chi connectivity index (χ4v) is 10.7. The highest BCUT2D eigenvalue weighted by Gasteiger charge is 2.69. The molecule has 3 fully saturated rings. The Morgan fingerprint density at radius 2 is 1.78 bits per heavy atom. The van der Waals surface area contributed by atoms with E-state index in [1.165, 1.54) is 12.1 Å². The molecule has 2 saturated carbocycles. The molecular formula is C48H54FN3O7S. The molecule has 12 heteroatoms. The third-order valence-electron chi connectivity index (χ3n) is 13.5. The van der Waals surface area contributed by atoms with Gasteiger partial charge in [0.2, 0.25) is 21.8 Å². The summed E-state index contributed by atoms with van der Waals surface area (Å²) < 4.78 is 55.2. The number of carbonyl (C=O) groups excluding carboxylic acids is 3. The molecular weight excluding hydrogens is 782 g/mol. The second kappa shape index (κ2) is 16.1. The summed E-state index contributed by atoms with van der Waals surface area (Å²) in [6, 6.07) is 21.0. The number of hydrogen-bond acceptors (Lipinski definition) is 8. The topological polar surface area (TPSA) is 132 Å². The van der Waals surface area contributed by atoms with Gasteiger partial charge in [0.25, 0.3) is 0 Å². The molecule has 3 heterocycles. The van der Waals surface area contributed by atoms with Gasteiger partial charge in [0.1, 0.15) is 23.4 Å². The van der Waals surface area contributed by atoms with E-state index in [1.54, 1.807) is 18.9 Å². The van der Waals surface area contributed by atoms with Crippen LogP contribution >= 0.6 is 0 Å². The van der Waals surface area contributed by atoms with E-state index in [4.69, 9.17) is 14.5 Å². The fourth-order valence-electron chi connectivity index (χ4n) is 9.39. The first-order chi connectivity index (χ1) is 28.6. The molecule has 0 spiro atoms. The molecule has 10 nitrogen and oxygen atoms in total. The maximum Gasteiger partial charge on any atom is 0.241 e. The van der Waals surface area contributed by atoms with Gasteiger partial charge in [0, 0.05) is 47.3 Å². The lowest BCUT2D eigenvalue weighted by Crippen LogP contribution is -2.47. The van der Waals surface area contributed by atoms with Crippen molar-refractivity contribution >= 4 is 38.5 Å². The Kier molecular flexibility index (Phi) is 11.1. The molecule has 1 N–H and O–H groups in total. The van der Waals surface area contributed by atoms with E-state index in [0.29, 0.717) is 60.4 Å². The zero-order chi connectivity index (χ0) is 42.5. The van der Waals surface area contributed by atoms with Crippen LogP contribution in [0.4, 0.5) is 4.39 Å². The van der Waals surface area contributed by atoms with Gasteiger partial charge in [-0.05, 0) is 94.2 Å². The number of pyridine rings is 1. The number of aromatic nitrogens is 1. The summed E-state index contributed by atoms with van der Waals surface area (Å²) in [5, 5.41) is 0.735. The Morgan fingerprint density at radius 1 is 1.00 bits per heavy atom. The SMILES string of the molecule is COc1ccc2c(O[C@@H]3C[C@H]4C(=O)C[C@]5(C(=O)NS(=O)(=O)C6(C)CC6)CC5(C)/C=C\CCCCC[C@H](Cc5cc(C)cc(F)c5)C(=O)N4C3)cc(-c3ccccc3)nc2c1. The van der Waals surface area contributed by atoms with Gasteiger partial charge in [-0.2, -0.15) is 0 Å². The Morgan fingerprint density at radius 3 is 2.52 bits per heavy atom. The third kappa shape index (κ3) is 8.19. The molecule has 1 aromatic heterocycles. The van der Waals surface area contributed by atoms with Gasteiger partial charge < -0.3 is 14.4 Å². The lowest BCUT2D eigenvalue weighted by atomic mass is 9.85. The number of Topliss-reactive ketones (excluding diaryl/α,β-unsaturated/α-hetero) is 1. The van der Waals surface area contributed by atoms with Crippen LogP contribution in [0.3, 0.4) is 0 Å². The second-order valence-electron chi connectivity index (χ2n) is 18.0. The largest absolute Gasteiger partial charge is 0.497 e. The zero-order valence-corrected chi connectivity index (χ0v) is 35.7. The van der Waals surface area contributed by atoms with Crippen LogP contribution in [0, 0.1) is 29.5 Å². The molecule has 0 radical (unpaired) electrons. The van der Waals surface area contributed by atoms with Crippen LogP contribution in [0.2, 0.25) is 0 Å². The van der Waals surface area contributed by atoms with Crippen LogP contribution in [-0.4, -0.2) is 66.4 Å². The molecule has 5 atom stereocenters. The van der Waals surface area contributed by atoms with Gasteiger partial charge in [-0.3, -0.25) is 19.1 Å². The van der Waals surface area contributed by atoms with Crippen LogP contribution < -0.4 is 14.2 Å². The van der Waals surface area contributed by atoms with Gasteiger partial charge in [0.15, 0.2) is 5.78 Å². The van der Waals surface area contributed by atoms with Crippen LogP contribution in [0.1, 0.15) is 89.2 Å². The summed E-state index contributed by atoms with van der Waals surface area (Å²) in [4.78, 5) is 50.8. The molecule has 2 amide bonds. The van der Waals surface area contributed by atoms with E-state index in [-0.39, 0.29) is 36.9 Å². The Labute approximate surface area is 352 Å². The molecule has 2 aliphatic heterocycles. The van der Waals surface area contributed by atoms with Crippen molar-refractivity contribution in [2.75, 3.05) is 13.7 Å². The first kappa shape index (κ1) is 41.6. The van der Waals surface area contributed by atoms with Crippen LogP contribution in [-0.2, 0) is 30.8 Å². The third-order valence-corrected chi connectivity index (χ3v) is 15.6. The number of nitrogens with zero attached hydrogens (tertiary/aromatic N) is 2. The number of halogens is 1. The van der Waals surface area contributed by atoms with E-state index >= 15 is 4.79 Å². The summed E-state index contributed by atoms with van der Waals surface area (Å²) in [6.07, 6.45) is 8.64. The first-order valence-corrected chi connectivity index (χ1v) is 22.7. The average Bonchev–Trinajstić information content (AvgIpc) is 4.05. The molecule has 1 unspecified atom stereocenters. The first-order valence-electron chi connectivity index (χ1n) is 21.2. The Hall–Kier alpha value is -5.10. The van der Waals surface area contributed by atoms with E-state index in [0.717, 1.165) is 42.2 Å². The lowest BCUT2D eigenvalue weighted by molar-refractivity contribution is -0.142. The highest BCUT2D eigenvalue weighted by Crippen LogP contribution is 2.67. The van der Waals surface area contributed by atoms with Gasteiger partial charge in [-0.15, -0.1) is 0 Å². The highest BCUT2D eigenvalue weighted by atomic mass is 32.2. The summed E-state index contributed by atoms with van der Waals surface area (Å²) in [5.74, 6) is -0.938. The maximum absolute atomic E-state index is 15.0. The predicted molar refractivity (Wildman–Crippen MR) is 228 cm³/mol. The maximum atomic E-state index is 15.0. The van der Waals surface area contributed by atoms with Crippen molar-refractivity contribution in [3.63, 3.8) is 0 Å². The number of ether oxygens (including phenoxy) is 2. The highest BCUT2D eigenvalue weighted by molar-refractivity contribution is 7.91. The van der Waals surface area contributed by atoms with Crippen LogP contribution in [0.15, 0.2) is 84.9 Å². The standard InChI is InChI=1S/C48H54FN3O7S/c1-31-21-32(24-35(49)22-31)23-34-15-9-6-5-7-12-18-46(2)30-48(46,45(55)51-60(56,57)47(3)19-20-47)28-42(53)41-26-37(29-52(41)44(34)54)59-43-27-39(33-13-10-8-11-14-33)50-40-25-36(58-4)16-17-38(40)43/h8,10-14,16-18,21-22,24-25,27,34,37,41H,5-7,9,15,19-20,23,26,28-30H2,1-4H3,(H,51,55)/b18-12-/t34-,37-,41+,46?,48-/m1/s1. The number of carbonyl (C=O) groups is 3. The quantitative estimate of drug-likeness (QED) is 0.166. The zero-order valence-electron chi connectivity index (χ0n) is 34.8. The van der Waals surface area contributed by atoms with Gasteiger partial charge in [-0.1, -0.05) is 68.3 Å². The number of amides is 2. The fraction of sp³-hybridized carbons (Fsp3) is 0.458. The number of fused-ring (bicyclic) bond motifs is 3. The Balaban J connectivity index is 1.16. The molecule has 2 aliphatic carbocycles. The van der Waals surface area contributed by atoms with E-state index in [9.17, 15) is 22.4 Å². The van der Waals surface area contributed by atoms with E-state index in [2.05, 4.69) is 4.72 Å². The normalized spacial score (nSPS) is 27.2. The summed E-state index contributed by atoms with van der Waals surface area (Å²) in [7, 11) is -2.38. The van der Waals surface area contributed by atoms with E-state index < -0.39 is 49.6 Å². The van der Waals surface area contributed by atoms with Gasteiger partial charge >= 0.3 is 0 Å². The summed E-state index contributed by atoms with van der Waals surface area (Å²) in [6.45, 7) is 5.47. The van der Waals surface area contributed by atoms with Crippen molar-refractivity contribution in [3.8, 4) is 22.8 Å². The minimum Gasteiger partial charge on any atom is -0.497 e. The van der Waals surface area contributed by atoms with Crippen molar-refractivity contribution in [2.24, 2.45) is 16.7 Å². The van der Waals surface area contributed by atoms with Crippen LogP contribution in [0.25, 0.3) is 22.2 Å². The predicted octanol–water partition coefficient (Wildman–Crippen LogP) is 8.44. The Bertz CT molecular complexity index is 2450. The lowest BCUT2D eigenvalue weighted by Gasteiger charge is -2.30. The van der Waals surface area contributed by atoms with E-state index in [1.807, 2.05) is 86.7 Å². The number of ketones is 1. The number of rotatable bonds is 9. The molecule has 1 saturated heterocycles. The number of aryl methyl sites for hydroxylation is 1. The van der Waals surface area contributed by atoms with Gasteiger partial charge in [0.05, 0.1) is 41.1 Å². The summed E-state index contributed by atoms with van der Waals surface area (Å²) >= 11 is 0. The summed E-state index contributed by atoms with van der Waals surface area (Å²) in [5.41, 5.74) is 1.63. The minimum atomic E-state index is -3.97.